The molecule has 0 radical (unpaired) electrons. The zero-order chi connectivity index (χ0) is 66.5. The summed E-state index contributed by atoms with van der Waals surface area (Å²) >= 11 is 0. The second-order valence-electron chi connectivity index (χ2n) is 26.3. The molecule has 0 aliphatic heterocycles. The Morgan fingerprint density at radius 1 is 0.322 bits per heavy atom. The molecule has 90 heavy (non-hydrogen) atoms. The van der Waals surface area contributed by atoms with Crippen molar-refractivity contribution >= 4 is 39.5 Å². The highest BCUT2D eigenvalue weighted by atomic mass is 31.2. The number of carbonyl (C=O) groups excluding carboxylic acids is 4. The van der Waals surface area contributed by atoms with E-state index in [1.54, 1.807) is 0 Å². The molecular formula is C71H138O17P2. The molecule has 0 aliphatic carbocycles. The van der Waals surface area contributed by atoms with Crippen LogP contribution in [-0.4, -0.2) is 96.7 Å². The second-order valence-corrected chi connectivity index (χ2v) is 29.3. The standard InChI is InChI=1S/C71H138O17P2/c1-7-10-12-14-16-17-30-37-43-49-55-70(75)87-66(59-81-68(73)53-47-41-33-15-13-11-8-2)61-85-89(77,78)83-57-65(72)58-84-90(79,80)86-62-67(60-82-69(74)54-48-42-36-31-27-26-29-35-40-46-52-64(6)9-3)88-71(76)56-50-44-38-32-25-23-21-19-18-20-22-24-28-34-39-45-51-63(4)5/h63-67,72H,7-62H2,1-6H3,(H,77,78)(H,79,80)/t64?,65-,66+,67+/m0/s1. The van der Waals surface area contributed by atoms with Crippen molar-refractivity contribution in [3.05, 3.63) is 0 Å². The average molecular weight is 1330 g/mol. The molecule has 0 heterocycles. The molecule has 3 N–H and O–H groups in total. The fourth-order valence-corrected chi connectivity index (χ4v) is 12.3. The summed E-state index contributed by atoms with van der Waals surface area (Å²) in [6.07, 6.45) is 48.6. The first-order chi connectivity index (χ1) is 43.4. The Morgan fingerprint density at radius 3 is 0.844 bits per heavy atom. The number of esters is 4. The van der Waals surface area contributed by atoms with Gasteiger partial charge in [-0.1, -0.05) is 311 Å². The number of unbranched alkanes of at least 4 members (excludes halogenated alkanes) is 39. The molecule has 0 saturated heterocycles. The predicted molar refractivity (Wildman–Crippen MR) is 363 cm³/mol. The first-order valence-electron chi connectivity index (χ1n) is 37.0. The number of hydrogen-bond donors (Lipinski definition) is 3. The number of hydrogen-bond acceptors (Lipinski definition) is 15. The molecule has 0 fully saturated rings. The van der Waals surface area contributed by atoms with Crippen LogP contribution in [0, 0.1) is 11.8 Å². The van der Waals surface area contributed by atoms with Crippen LogP contribution in [0.4, 0.5) is 0 Å². The molecule has 19 heteroatoms. The van der Waals surface area contributed by atoms with E-state index in [0.717, 1.165) is 115 Å². The number of phosphoric ester groups is 2. The van der Waals surface area contributed by atoms with E-state index in [-0.39, 0.29) is 25.7 Å². The van der Waals surface area contributed by atoms with Crippen molar-refractivity contribution < 1.29 is 80.2 Å². The van der Waals surface area contributed by atoms with Crippen LogP contribution < -0.4 is 0 Å². The van der Waals surface area contributed by atoms with Crippen molar-refractivity contribution in [3.63, 3.8) is 0 Å². The third-order valence-corrected chi connectivity index (χ3v) is 18.7. The predicted octanol–water partition coefficient (Wildman–Crippen LogP) is 20.4. The largest absolute Gasteiger partial charge is 0.472 e. The van der Waals surface area contributed by atoms with Crippen LogP contribution in [0.25, 0.3) is 0 Å². The van der Waals surface area contributed by atoms with Gasteiger partial charge in [-0.3, -0.25) is 37.3 Å². The summed E-state index contributed by atoms with van der Waals surface area (Å²) in [4.78, 5) is 72.4. The van der Waals surface area contributed by atoms with Crippen LogP contribution in [0.1, 0.15) is 363 Å². The van der Waals surface area contributed by atoms with Gasteiger partial charge in [-0.2, -0.15) is 0 Å². The molecular weight excluding hydrogens is 1190 g/mol. The first kappa shape index (κ1) is 88.1. The minimum Gasteiger partial charge on any atom is -0.462 e. The van der Waals surface area contributed by atoms with Gasteiger partial charge >= 0.3 is 39.5 Å². The normalized spacial score (nSPS) is 14.4. The molecule has 6 atom stereocenters. The SMILES string of the molecule is CCCCCCCCCCCCC(=O)O[C@H](COC(=O)CCCCCCCCC)COP(=O)(O)OC[C@H](O)COP(=O)(O)OC[C@@H](COC(=O)CCCCCCCCCCCCC(C)CC)OC(=O)CCCCCCCCCCCCCCCCCCC(C)C. The Bertz CT molecular complexity index is 1750. The summed E-state index contributed by atoms with van der Waals surface area (Å²) in [6, 6.07) is 0. The Hall–Kier alpha value is -1.94. The van der Waals surface area contributed by atoms with E-state index in [4.69, 9.17) is 37.0 Å². The summed E-state index contributed by atoms with van der Waals surface area (Å²) in [7, 11) is -9.89. The second kappa shape index (κ2) is 63.1. The Balaban J connectivity index is 5.18. The van der Waals surface area contributed by atoms with Gasteiger partial charge in [-0.25, -0.2) is 9.13 Å². The van der Waals surface area contributed by atoms with E-state index >= 15 is 0 Å². The molecule has 17 nitrogen and oxygen atoms in total. The van der Waals surface area contributed by atoms with Gasteiger partial charge in [-0.15, -0.1) is 0 Å². The minimum atomic E-state index is -4.95. The Labute approximate surface area is 549 Å². The lowest BCUT2D eigenvalue weighted by Crippen LogP contribution is -2.30. The van der Waals surface area contributed by atoms with E-state index < -0.39 is 97.5 Å². The highest BCUT2D eigenvalue weighted by molar-refractivity contribution is 7.47. The van der Waals surface area contributed by atoms with Crippen molar-refractivity contribution in [2.75, 3.05) is 39.6 Å². The molecule has 0 spiro atoms. The third-order valence-electron chi connectivity index (χ3n) is 16.8. The fraction of sp³-hybridized carbons (Fsp3) is 0.944. The van der Waals surface area contributed by atoms with Crippen molar-refractivity contribution in [1.29, 1.82) is 0 Å². The van der Waals surface area contributed by atoms with Gasteiger partial charge < -0.3 is 33.8 Å². The molecule has 0 aromatic carbocycles. The Kier molecular flexibility index (Phi) is 61.8. The zero-order valence-corrected chi connectivity index (χ0v) is 60.2. The lowest BCUT2D eigenvalue weighted by atomic mass is 9.99. The van der Waals surface area contributed by atoms with Crippen molar-refractivity contribution in [3.8, 4) is 0 Å². The van der Waals surface area contributed by atoms with Crippen molar-refractivity contribution in [2.45, 2.75) is 381 Å². The topological polar surface area (TPSA) is 237 Å². The minimum absolute atomic E-state index is 0.106. The highest BCUT2D eigenvalue weighted by Gasteiger charge is 2.30. The van der Waals surface area contributed by atoms with Crippen molar-refractivity contribution in [2.24, 2.45) is 11.8 Å². The van der Waals surface area contributed by atoms with Crippen LogP contribution in [0.5, 0.6) is 0 Å². The maximum absolute atomic E-state index is 13.0. The number of phosphoric acid groups is 2. The third kappa shape index (κ3) is 63.5. The van der Waals surface area contributed by atoms with Gasteiger partial charge in [0, 0.05) is 25.7 Å². The summed E-state index contributed by atoms with van der Waals surface area (Å²) in [5.74, 6) is -0.509. The Morgan fingerprint density at radius 2 is 0.567 bits per heavy atom. The smallest absolute Gasteiger partial charge is 0.462 e. The van der Waals surface area contributed by atoms with Crippen LogP contribution >= 0.6 is 15.6 Å². The summed E-state index contributed by atoms with van der Waals surface area (Å²) < 4.78 is 68.2. The molecule has 0 bridgehead atoms. The van der Waals surface area contributed by atoms with Crippen LogP contribution in [0.3, 0.4) is 0 Å². The number of rotatable bonds is 70. The summed E-state index contributed by atoms with van der Waals surface area (Å²) in [6.45, 7) is 9.57. The number of ether oxygens (including phenoxy) is 4. The van der Waals surface area contributed by atoms with E-state index in [0.29, 0.717) is 25.7 Å². The zero-order valence-electron chi connectivity index (χ0n) is 58.4. The van der Waals surface area contributed by atoms with E-state index in [1.165, 1.54) is 167 Å². The lowest BCUT2D eigenvalue weighted by Gasteiger charge is -2.21. The molecule has 0 rings (SSSR count). The van der Waals surface area contributed by atoms with E-state index in [9.17, 15) is 43.2 Å². The van der Waals surface area contributed by atoms with Gasteiger partial charge in [-0.05, 0) is 37.5 Å². The molecule has 0 amide bonds. The summed E-state index contributed by atoms with van der Waals surface area (Å²) in [5.41, 5.74) is 0. The van der Waals surface area contributed by atoms with Gasteiger partial charge in [0.15, 0.2) is 12.2 Å². The van der Waals surface area contributed by atoms with Crippen LogP contribution in [-0.2, 0) is 65.4 Å². The number of aliphatic hydroxyl groups excluding tert-OH is 1. The average Bonchev–Trinajstić information content (AvgIpc) is 3.06. The fourth-order valence-electron chi connectivity index (χ4n) is 10.7. The molecule has 0 saturated carbocycles. The number of carbonyl (C=O) groups is 4. The quantitative estimate of drug-likeness (QED) is 0.0222. The maximum atomic E-state index is 13.0. The van der Waals surface area contributed by atoms with Crippen LogP contribution in [0.2, 0.25) is 0 Å². The van der Waals surface area contributed by atoms with Gasteiger partial charge in [0.05, 0.1) is 26.4 Å². The maximum Gasteiger partial charge on any atom is 0.472 e. The summed E-state index contributed by atoms with van der Waals surface area (Å²) in [5, 5.41) is 10.6. The van der Waals surface area contributed by atoms with E-state index in [2.05, 4.69) is 41.5 Å². The first-order valence-corrected chi connectivity index (χ1v) is 40.0. The van der Waals surface area contributed by atoms with Crippen molar-refractivity contribution in [1.82, 2.24) is 0 Å². The number of aliphatic hydroxyl groups is 1. The highest BCUT2D eigenvalue weighted by Crippen LogP contribution is 2.45. The van der Waals surface area contributed by atoms with Crippen LogP contribution in [0.15, 0.2) is 0 Å². The molecule has 534 valence electrons. The monoisotopic (exact) mass is 1320 g/mol. The van der Waals surface area contributed by atoms with Gasteiger partial charge in [0.25, 0.3) is 0 Å². The van der Waals surface area contributed by atoms with E-state index in [1.807, 2.05) is 0 Å². The lowest BCUT2D eigenvalue weighted by molar-refractivity contribution is -0.161. The molecule has 3 unspecified atom stereocenters. The van der Waals surface area contributed by atoms with Gasteiger partial charge in [0.1, 0.15) is 19.3 Å². The van der Waals surface area contributed by atoms with Gasteiger partial charge in [0.2, 0.25) is 0 Å². The molecule has 0 aromatic rings. The molecule has 0 aromatic heterocycles. The molecule has 0 aliphatic rings.